The van der Waals surface area contributed by atoms with E-state index in [-0.39, 0.29) is 12.6 Å². The molecular formula is C14H17N3O4. The molecule has 1 unspecified atom stereocenters. The van der Waals surface area contributed by atoms with Crippen LogP contribution in [0.1, 0.15) is 0 Å². The second-order valence-electron chi connectivity index (χ2n) is 4.31. The SMILES string of the molecule is O=CO.c1cc(-c2nccn2CC2COCCO2)ccn1. The van der Waals surface area contributed by atoms with Gasteiger partial charge in [-0.3, -0.25) is 9.78 Å². The first kappa shape index (κ1) is 15.1. The topological polar surface area (TPSA) is 86.5 Å². The van der Waals surface area contributed by atoms with Gasteiger partial charge in [0, 0.05) is 30.4 Å². The zero-order valence-electron chi connectivity index (χ0n) is 11.5. The lowest BCUT2D eigenvalue weighted by molar-refractivity contribution is -0.122. The Kier molecular flexibility index (Phi) is 5.86. The molecule has 1 aliphatic rings. The van der Waals surface area contributed by atoms with Crippen LogP contribution in [0.3, 0.4) is 0 Å². The van der Waals surface area contributed by atoms with Crippen molar-refractivity contribution in [1.82, 2.24) is 14.5 Å². The van der Waals surface area contributed by atoms with Gasteiger partial charge >= 0.3 is 0 Å². The molecule has 1 saturated heterocycles. The Labute approximate surface area is 122 Å². The Morgan fingerprint density at radius 2 is 2.10 bits per heavy atom. The number of aromatic nitrogens is 3. The van der Waals surface area contributed by atoms with Gasteiger partial charge in [0.05, 0.1) is 32.5 Å². The van der Waals surface area contributed by atoms with Gasteiger partial charge in [-0.1, -0.05) is 0 Å². The molecule has 7 heteroatoms. The van der Waals surface area contributed by atoms with E-state index in [2.05, 4.69) is 14.5 Å². The smallest absolute Gasteiger partial charge is 0.290 e. The maximum Gasteiger partial charge on any atom is 0.290 e. The molecule has 1 atom stereocenters. The summed E-state index contributed by atoms with van der Waals surface area (Å²) in [5.74, 6) is 0.937. The van der Waals surface area contributed by atoms with Crippen LogP contribution in [-0.4, -0.2) is 52.0 Å². The number of carbonyl (C=O) groups is 1. The quantitative estimate of drug-likeness (QED) is 0.851. The van der Waals surface area contributed by atoms with Crippen molar-refractivity contribution >= 4 is 6.47 Å². The average molecular weight is 291 g/mol. The van der Waals surface area contributed by atoms with Crippen molar-refractivity contribution in [2.24, 2.45) is 0 Å². The highest BCUT2D eigenvalue weighted by Crippen LogP contribution is 2.17. The summed E-state index contributed by atoms with van der Waals surface area (Å²) in [6, 6.07) is 3.91. The standard InChI is InChI=1S/C13H15N3O2.CH2O2/c1-3-14-4-2-11(1)13-15-5-6-16(13)9-12-10-17-7-8-18-12;2-1-3/h1-6,12H,7-10H2;1H,(H,2,3). The van der Waals surface area contributed by atoms with Gasteiger partial charge in [0.15, 0.2) is 0 Å². The van der Waals surface area contributed by atoms with Crippen LogP contribution in [0, 0.1) is 0 Å². The van der Waals surface area contributed by atoms with Crippen LogP contribution in [0.4, 0.5) is 0 Å². The van der Waals surface area contributed by atoms with Crippen LogP contribution in [0.15, 0.2) is 36.9 Å². The zero-order valence-corrected chi connectivity index (χ0v) is 11.5. The molecule has 3 heterocycles. The first-order chi connectivity index (χ1) is 10.3. The van der Waals surface area contributed by atoms with E-state index in [9.17, 15) is 0 Å². The Balaban J connectivity index is 0.000000497. The fourth-order valence-electron chi connectivity index (χ4n) is 2.08. The van der Waals surface area contributed by atoms with Gasteiger partial charge in [-0.2, -0.15) is 0 Å². The minimum absolute atomic E-state index is 0.105. The van der Waals surface area contributed by atoms with E-state index >= 15 is 0 Å². The number of hydrogen-bond donors (Lipinski definition) is 1. The van der Waals surface area contributed by atoms with Crippen LogP contribution >= 0.6 is 0 Å². The van der Waals surface area contributed by atoms with Gasteiger partial charge < -0.3 is 19.1 Å². The van der Waals surface area contributed by atoms with E-state index in [0.717, 1.165) is 17.9 Å². The maximum atomic E-state index is 8.36. The minimum Gasteiger partial charge on any atom is -0.483 e. The largest absolute Gasteiger partial charge is 0.483 e. The summed E-state index contributed by atoms with van der Waals surface area (Å²) in [6.45, 7) is 2.52. The summed E-state index contributed by atoms with van der Waals surface area (Å²) in [4.78, 5) is 16.8. The van der Waals surface area contributed by atoms with Crippen LogP contribution in [0.25, 0.3) is 11.4 Å². The van der Waals surface area contributed by atoms with Crippen molar-refractivity contribution in [3.05, 3.63) is 36.9 Å². The molecule has 0 amide bonds. The normalized spacial score (nSPS) is 17.6. The molecule has 0 radical (unpaired) electrons. The third kappa shape index (κ3) is 4.37. The van der Waals surface area contributed by atoms with Gasteiger partial charge in [-0.25, -0.2) is 4.98 Å². The van der Waals surface area contributed by atoms with Crippen molar-refractivity contribution in [1.29, 1.82) is 0 Å². The highest BCUT2D eigenvalue weighted by atomic mass is 16.6. The van der Waals surface area contributed by atoms with E-state index in [1.165, 1.54) is 0 Å². The molecule has 0 aliphatic carbocycles. The molecule has 3 rings (SSSR count). The van der Waals surface area contributed by atoms with Crippen molar-refractivity contribution in [3.8, 4) is 11.4 Å². The average Bonchev–Trinajstić information content (AvgIpc) is 2.98. The van der Waals surface area contributed by atoms with Crippen molar-refractivity contribution in [3.63, 3.8) is 0 Å². The highest BCUT2D eigenvalue weighted by Gasteiger charge is 2.16. The van der Waals surface area contributed by atoms with E-state index in [1.54, 1.807) is 18.6 Å². The second-order valence-corrected chi connectivity index (χ2v) is 4.31. The number of pyridine rings is 1. The van der Waals surface area contributed by atoms with Gasteiger partial charge in [-0.15, -0.1) is 0 Å². The van der Waals surface area contributed by atoms with Crippen LogP contribution < -0.4 is 0 Å². The highest BCUT2D eigenvalue weighted by molar-refractivity contribution is 5.54. The lowest BCUT2D eigenvalue weighted by atomic mass is 10.2. The molecule has 7 nitrogen and oxygen atoms in total. The number of nitrogens with zero attached hydrogens (tertiary/aromatic N) is 3. The second kappa shape index (κ2) is 8.13. The number of imidazole rings is 1. The maximum absolute atomic E-state index is 8.36. The summed E-state index contributed by atoms with van der Waals surface area (Å²) >= 11 is 0. The Hall–Kier alpha value is -2.25. The third-order valence-corrected chi connectivity index (χ3v) is 2.94. The molecule has 2 aromatic heterocycles. The lowest BCUT2D eigenvalue weighted by Gasteiger charge is -2.23. The summed E-state index contributed by atoms with van der Waals surface area (Å²) in [6.07, 6.45) is 7.42. The van der Waals surface area contributed by atoms with Crippen molar-refractivity contribution < 1.29 is 19.4 Å². The van der Waals surface area contributed by atoms with Crippen LogP contribution in [0.2, 0.25) is 0 Å². The number of hydrogen-bond acceptors (Lipinski definition) is 5. The number of carboxylic acid groups (broad SMARTS) is 1. The molecule has 1 N–H and O–H groups in total. The third-order valence-electron chi connectivity index (χ3n) is 2.94. The van der Waals surface area contributed by atoms with E-state index in [0.29, 0.717) is 19.8 Å². The Morgan fingerprint density at radius 1 is 1.33 bits per heavy atom. The monoisotopic (exact) mass is 291 g/mol. The number of rotatable bonds is 3. The molecule has 1 aliphatic heterocycles. The molecule has 2 aromatic rings. The van der Waals surface area contributed by atoms with Gasteiger partial charge in [0.1, 0.15) is 5.82 Å². The van der Waals surface area contributed by atoms with E-state index in [4.69, 9.17) is 19.4 Å². The van der Waals surface area contributed by atoms with Gasteiger partial charge in [-0.05, 0) is 12.1 Å². The van der Waals surface area contributed by atoms with Gasteiger partial charge in [0.2, 0.25) is 0 Å². The summed E-state index contributed by atoms with van der Waals surface area (Å²) in [5, 5.41) is 6.89. The fourth-order valence-corrected chi connectivity index (χ4v) is 2.08. The van der Waals surface area contributed by atoms with Crippen molar-refractivity contribution in [2.45, 2.75) is 12.6 Å². The zero-order chi connectivity index (χ0) is 14.9. The molecule has 112 valence electrons. The lowest BCUT2D eigenvalue weighted by Crippen LogP contribution is -2.32. The fraction of sp³-hybridized carbons (Fsp3) is 0.357. The molecule has 1 fully saturated rings. The molecule has 21 heavy (non-hydrogen) atoms. The van der Waals surface area contributed by atoms with E-state index < -0.39 is 0 Å². The van der Waals surface area contributed by atoms with Crippen LogP contribution in [0.5, 0.6) is 0 Å². The summed E-state index contributed by atoms with van der Waals surface area (Å²) in [5.41, 5.74) is 1.06. The minimum atomic E-state index is -0.250. The van der Waals surface area contributed by atoms with E-state index in [1.807, 2.05) is 18.3 Å². The molecule has 0 aromatic carbocycles. The summed E-state index contributed by atoms with van der Waals surface area (Å²) < 4.78 is 13.2. The predicted octanol–water partition coefficient (Wildman–Crippen LogP) is 1.06. The Morgan fingerprint density at radius 3 is 2.76 bits per heavy atom. The molecule has 0 saturated carbocycles. The first-order valence-corrected chi connectivity index (χ1v) is 6.54. The summed E-state index contributed by atoms with van der Waals surface area (Å²) in [7, 11) is 0. The predicted molar refractivity (Wildman–Crippen MR) is 74.7 cm³/mol. The molecule has 0 spiro atoms. The first-order valence-electron chi connectivity index (χ1n) is 6.54. The number of ether oxygens (including phenoxy) is 2. The van der Waals surface area contributed by atoms with Crippen LogP contribution in [-0.2, 0) is 20.8 Å². The Bertz CT molecular complexity index is 538. The van der Waals surface area contributed by atoms with Gasteiger partial charge in [0.25, 0.3) is 6.47 Å². The molecule has 0 bridgehead atoms. The van der Waals surface area contributed by atoms with Crippen molar-refractivity contribution in [2.75, 3.05) is 19.8 Å². The molecular weight excluding hydrogens is 274 g/mol.